The van der Waals surface area contributed by atoms with E-state index in [9.17, 15) is 4.79 Å². The molecule has 0 fully saturated rings. The van der Waals surface area contributed by atoms with Crippen molar-refractivity contribution in [3.63, 3.8) is 0 Å². The molecule has 0 saturated carbocycles. The van der Waals surface area contributed by atoms with Crippen molar-refractivity contribution in [2.75, 3.05) is 11.9 Å². The lowest BCUT2D eigenvalue weighted by Crippen LogP contribution is -2.21. The van der Waals surface area contributed by atoms with E-state index in [0.717, 1.165) is 24.1 Å². The summed E-state index contributed by atoms with van der Waals surface area (Å²) < 4.78 is 0. The van der Waals surface area contributed by atoms with Crippen LogP contribution in [0.3, 0.4) is 0 Å². The Morgan fingerprint density at radius 1 is 1.11 bits per heavy atom. The van der Waals surface area contributed by atoms with E-state index in [4.69, 9.17) is 0 Å². The summed E-state index contributed by atoms with van der Waals surface area (Å²) in [6.07, 6.45) is 1.60. The molecule has 3 heteroatoms. The number of carbonyl (C=O) groups excluding carboxylic acids is 1. The van der Waals surface area contributed by atoms with Gasteiger partial charge in [-0.05, 0) is 29.7 Å². The van der Waals surface area contributed by atoms with Gasteiger partial charge in [0.15, 0.2) is 0 Å². The van der Waals surface area contributed by atoms with Crippen LogP contribution in [-0.2, 0) is 11.2 Å². The highest BCUT2D eigenvalue weighted by atomic mass is 16.1. The minimum atomic E-state index is 0.0276. The van der Waals surface area contributed by atoms with E-state index in [1.54, 1.807) is 0 Å². The van der Waals surface area contributed by atoms with E-state index in [0.29, 0.717) is 0 Å². The molecule has 1 unspecified atom stereocenters. The molecule has 1 N–H and O–H groups in total. The first-order chi connectivity index (χ1) is 9.31. The summed E-state index contributed by atoms with van der Waals surface area (Å²) in [4.78, 5) is 13.1. The quantitative estimate of drug-likeness (QED) is 0.834. The second-order valence-corrected chi connectivity index (χ2v) is 4.79. The van der Waals surface area contributed by atoms with Gasteiger partial charge in [-0.25, -0.2) is 0 Å². The van der Waals surface area contributed by atoms with Crippen LogP contribution in [0.5, 0.6) is 0 Å². The van der Waals surface area contributed by atoms with Crippen molar-refractivity contribution in [2.45, 2.75) is 12.5 Å². The topological polar surface area (TPSA) is 32.3 Å². The minimum absolute atomic E-state index is 0.0276. The van der Waals surface area contributed by atoms with E-state index in [1.165, 1.54) is 11.3 Å². The zero-order valence-electron chi connectivity index (χ0n) is 10.8. The summed E-state index contributed by atoms with van der Waals surface area (Å²) in [6, 6.07) is 16.6. The number of hydrogen-bond donors (Lipinski definition) is 1. The van der Waals surface area contributed by atoms with Crippen LogP contribution >= 0.6 is 0 Å². The summed E-state index contributed by atoms with van der Waals surface area (Å²) >= 11 is 0. The van der Waals surface area contributed by atoms with Gasteiger partial charge in [-0.2, -0.15) is 0 Å². The largest absolute Gasteiger partial charge is 0.351 e. The highest BCUT2D eigenvalue weighted by Crippen LogP contribution is 2.38. The monoisotopic (exact) mass is 252 g/mol. The Labute approximate surface area is 112 Å². The second-order valence-electron chi connectivity index (χ2n) is 4.79. The molecule has 0 radical (unpaired) electrons. The van der Waals surface area contributed by atoms with E-state index >= 15 is 0 Å². The second kappa shape index (κ2) is 4.76. The molecule has 3 rings (SSSR count). The van der Waals surface area contributed by atoms with E-state index in [2.05, 4.69) is 41.5 Å². The predicted molar refractivity (Wildman–Crippen MR) is 76.6 cm³/mol. The molecule has 1 aliphatic heterocycles. The molecule has 0 saturated heterocycles. The molecule has 2 aromatic carbocycles. The summed E-state index contributed by atoms with van der Waals surface area (Å²) in [5.41, 5.74) is 4.76. The number of para-hydroxylation sites is 2. The molecular weight excluding hydrogens is 236 g/mol. The lowest BCUT2D eigenvalue weighted by atomic mass is 9.99. The first-order valence-corrected chi connectivity index (χ1v) is 6.41. The van der Waals surface area contributed by atoms with Crippen molar-refractivity contribution in [1.29, 1.82) is 0 Å². The van der Waals surface area contributed by atoms with Gasteiger partial charge in [-0.3, -0.25) is 4.79 Å². The molecule has 3 nitrogen and oxygen atoms in total. The van der Waals surface area contributed by atoms with Crippen LogP contribution in [0.25, 0.3) is 0 Å². The molecule has 0 bridgehead atoms. The Bertz CT molecular complexity index is 609. The number of benzene rings is 2. The van der Waals surface area contributed by atoms with Crippen LogP contribution < -0.4 is 10.2 Å². The molecule has 2 aromatic rings. The van der Waals surface area contributed by atoms with Crippen molar-refractivity contribution in [1.82, 2.24) is 5.32 Å². The third kappa shape index (κ3) is 1.97. The fraction of sp³-hybridized carbons (Fsp3) is 0.188. The van der Waals surface area contributed by atoms with Gasteiger partial charge >= 0.3 is 0 Å². The van der Waals surface area contributed by atoms with Crippen molar-refractivity contribution in [3.8, 4) is 0 Å². The average molecular weight is 252 g/mol. The molecule has 0 aliphatic carbocycles. The lowest BCUT2D eigenvalue weighted by molar-refractivity contribution is -0.110. The number of fused-ring (bicyclic) bond motifs is 2. The van der Waals surface area contributed by atoms with E-state index in [-0.39, 0.29) is 6.04 Å². The van der Waals surface area contributed by atoms with Crippen molar-refractivity contribution < 1.29 is 4.79 Å². The highest BCUT2D eigenvalue weighted by Gasteiger charge is 2.23. The van der Waals surface area contributed by atoms with Gasteiger partial charge in [0.25, 0.3) is 0 Å². The highest BCUT2D eigenvalue weighted by molar-refractivity contribution is 5.71. The summed E-state index contributed by atoms with van der Waals surface area (Å²) in [5, 5.41) is 2.93. The molecule has 0 aromatic heterocycles. The van der Waals surface area contributed by atoms with Crippen molar-refractivity contribution in [3.05, 3.63) is 59.7 Å². The normalized spacial score (nSPS) is 17.1. The fourth-order valence-corrected chi connectivity index (χ4v) is 2.79. The Morgan fingerprint density at radius 2 is 1.79 bits per heavy atom. The van der Waals surface area contributed by atoms with Gasteiger partial charge < -0.3 is 10.2 Å². The maximum Gasteiger partial charge on any atom is 0.207 e. The average Bonchev–Trinajstić information content (AvgIpc) is 2.57. The molecule has 1 atom stereocenters. The molecule has 1 aliphatic rings. The van der Waals surface area contributed by atoms with E-state index < -0.39 is 0 Å². The van der Waals surface area contributed by atoms with Gasteiger partial charge in [0.05, 0.1) is 6.04 Å². The van der Waals surface area contributed by atoms with Crippen LogP contribution in [0.2, 0.25) is 0 Å². The predicted octanol–water partition coefficient (Wildman–Crippen LogP) is 2.80. The molecular formula is C16H16N2O. The fourth-order valence-electron chi connectivity index (χ4n) is 2.79. The summed E-state index contributed by atoms with van der Waals surface area (Å²) in [6.45, 7) is 0. The van der Waals surface area contributed by atoms with Crippen LogP contribution in [0, 0.1) is 0 Å². The van der Waals surface area contributed by atoms with Crippen molar-refractivity contribution >= 4 is 17.8 Å². The van der Waals surface area contributed by atoms with Crippen LogP contribution in [0.15, 0.2) is 48.5 Å². The van der Waals surface area contributed by atoms with Crippen molar-refractivity contribution in [2.24, 2.45) is 0 Å². The maximum absolute atomic E-state index is 10.9. The van der Waals surface area contributed by atoms with Gasteiger partial charge in [-0.15, -0.1) is 0 Å². The molecule has 1 heterocycles. The number of nitrogens with zero attached hydrogens (tertiary/aromatic N) is 1. The van der Waals surface area contributed by atoms with Gasteiger partial charge in [-0.1, -0.05) is 36.4 Å². The van der Waals surface area contributed by atoms with Crippen LogP contribution in [0.4, 0.5) is 11.4 Å². The Balaban J connectivity index is 2.18. The third-order valence-corrected chi connectivity index (χ3v) is 3.72. The lowest BCUT2D eigenvalue weighted by Gasteiger charge is -2.22. The summed E-state index contributed by atoms with van der Waals surface area (Å²) in [5.74, 6) is 0. The molecule has 96 valence electrons. The van der Waals surface area contributed by atoms with Crippen LogP contribution in [-0.4, -0.2) is 13.5 Å². The standard InChI is InChI=1S/C16H16N2O/c1-18-15-8-4-2-6-12(15)10-14(17-11-19)13-7-3-5-9-16(13)18/h2-9,11,14H,10H2,1H3,(H,17,19). The zero-order valence-corrected chi connectivity index (χ0v) is 10.8. The Morgan fingerprint density at radius 3 is 2.58 bits per heavy atom. The third-order valence-electron chi connectivity index (χ3n) is 3.72. The molecule has 1 amide bonds. The number of amides is 1. The zero-order chi connectivity index (χ0) is 13.2. The number of anilines is 2. The van der Waals surface area contributed by atoms with Gasteiger partial charge in [0.1, 0.15) is 0 Å². The van der Waals surface area contributed by atoms with Gasteiger partial charge in [0.2, 0.25) is 6.41 Å². The Kier molecular flexibility index (Phi) is 2.95. The SMILES string of the molecule is CN1c2ccccc2CC(NC=O)c2ccccc21. The number of carbonyl (C=O) groups is 1. The maximum atomic E-state index is 10.9. The summed E-state index contributed by atoms with van der Waals surface area (Å²) in [7, 11) is 2.07. The van der Waals surface area contributed by atoms with E-state index in [1.807, 2.05) is 24.3 Å². The number of hydrogen-bond acceptors (Lipinski definition) is 2. The number of rotatable bonds is 2. The molecule has 19 heavy (non-hydrogen) atoms. The first-order valence-electron chi connectivity index (χ1n) is 6.41. The smallest absolute Gasteiger partial charge is 0.207 e. The minimum Gasteiger partial charge on any atom is -0.351 e. The molecule has 0 spiro atoms. The first kappa shape index (κ1) is 11.8. The number of nitrogens with one attached hydrogen (secondary N) is 1. The van der Waals surface area contributed by atoms with Crippen LogP contribution in [0.1, 0.15) is 17.2 Å². The Hall–Kier alpha value is -2.29. The van der Waals surface area contributed by atoms with Gasteiger partial charge in [0, 0.05) is 18.4 Å².